The van der Waals surface area contributed by atoms with Gasteiger partial charge in [-0.2, -0.15) is 0 Å². The minimum absolute atomic E-state index is 0.0941. The summed E-state index contributed by atoms with van der Waals surface area (Å²) in [6.45, 7) is 4.79. The van der Waals surface area contributed by atoms with Crippen LogP contribution in [0.2, 0.25) is 5.02 Å². The highest BCUT2D eigenvalue weighted by molar-refractivity contribution is 6.33. The fraction of sp³-hybridized carbons (Fsp3) is 0.556. The van der Waals surface area contributed by atoms with Crippen LogP contribution in [-0.2, 0) is 14.3 Å². The topological polar surface area (TPSA) is 55.4 Å². The number of para-hydroxylation sites is 1. The van der Waals surface area contributed by atoms with Crippen LogP contribution in [0.3, 0.4) is 0 Å². The highest BCUT2D eigenvalue weighted by Gasteiger charge is 2.07. The molecule has 1 N–H and O–H groups in total. The number of halogens is 1. The Morgan fingerprint density at radius 1 is 1.13 bits per heavy atom. The van der Waals surface area contributed by atoms with E-state index in [-0.39, 0.29) is 11.9 Å². The number of hydrogen-bond acceptors (Lipinski definition) is 3. The van der Waals surface area contributed by atoms with E-state index in [1.54, 1.807) is 12.1 Å². The zero-order valence-corrected chi connectivity index (χ0v) is 14.7. The quantitative estimate of drug-likeness (QED) is 0.491. The average Bonchev–Trinajstić information content (AvgIpc) is 2.50. The molecule has 0 aliphatic carbocycles. The van der Waals surface area contributed by atoms with Gasteiger partial charge in [-0.15, -0.1) is 0 Å². The molecule has 1 aromatic rings. The molecule has 0 unspecified atom stereocenters. The molecule has 5 heteroatoms. The Labute approximate surface area is 143 Å². The summed E-state index contributed by atoms with van der Waals surface area (Å²) < 4.78 is 5.15. The van der Waals surface area contributed by atoms with Crippen LogP contribution in [0, 0.1) is 5.92 Å². The summed E-state index contributed by atoms with van der Waals surface area (Å²) >= 11 is 5.98. The number of benzene rings is 1. The summed E-state index contributed by atoms with van der Waals surface area (Å²) in [5.41, 5.74) is 0.615. The van der Waals surface area contributed by atoms with Crippen molar-refractivity contribution in [1.29, 1.82) is 0 Å². The molecule has 0 saturated carbocycles. The first-order valence-electron chi connectivity index (χ1n) is 8.19. The maximum absolute atomic E-state index is 11.8. The van der Waals surface area contributed by atoms with Gasteiger partial charge in [-0.25, -0.2) is 0 Å². The summed E-state index contributed by atoms with van der Waals surface area (Å²) in [5.74, 6) is 0.356. The zero-order chi connectivity index (χ0) is 17.1. The molecule has 0 heterocycles. The van der Waals surface area contributed by atoms with E-state index in [0.29, 0.717) is 48.9 Å². The molecule has 0 aliphatic heterocycles. The van der Waals surface area contributed by atoms with Crippen molar-refractivity contribution in [2.75, 3.05) is 11.9 Å². The Balaban J connectivity index is 2.09. The number of rotatable bonds is 10. The van der Waals surface area contributed by atoms with Gasteiger partial charge in [-0.05, 0) is 43.7 Å². The van der Waals surface area contributed by atoms with Crippen LogP contribution in [0.4, 0.5) is 5.69 Å². The van der Waals surface area contributed by atoms with E-state index in [4.69, 9.17) is 16.3 Å². The van der Waals surface area contributed by atoms with Crippen LogP contribution < -0.4 is 5.32 Å². The van der Waals surface area contributed by atoms with Crippen LogP contribution in [0.25, 0.3) is 0 Å². The molecule has 0 spiro atoms. The van der Waals surface area contributed by atoms with Crippen LogP contribution in [0.1, 0.15) is 52.4 Å². The van der Waals surface area contributed by atoms with Crippen LogP contribution in [0.5, 0.6) is 0 Å². The summed E-state index contributed by atoms with van der Waals surface area (Å²) in [5, 5.41) is 3.28. The van der Waals surface area contributed by atoms with E-state index in [2.05, 4.69) is 19.2 Å². The number of carbonyl (C=O) groups is 2. The Bertz CT molecular complexity index is 503. The molecule has 23 heavy (non-hydrogen) atoms. The third-order valence-electron chi connectivity index (χ3n) is 3.37. The molecule has 0 atom stereocenters. The smallest absolute Gasteiger partial charge is 0.305 e. The summed E-state index contributed by atoms with van der Waals surface area (Å²) in [7, 11) is 0. The first-order valence-corrected chi connectivity index (χ1v) is 8.57. The zero-order valence-electron chi connectivity index (χ0n) is 13.9. The molecule has 0 saturated heterocycles. The number of anilines is 1. The predicted octanol–water partition coefficient (Wildman–Crippen LogP) is 4.82. The molecular weight excluding hydrogens is 314 g/mol. The molecule has 1 rings (SSSR count). The van der Waals surface area contributed by atoms with E-state index in [0.717, 1.165) is 12.8 Å². The second-order valence-corrected chi connectivity index (χ2v) is 6.40. The Hall–Kier alpha value is -1.55. The van der Waals surface area contributed by atoms with Gasteiger partial charge in [0, 0.05) is 12.8 Å². The molecule has 0 bridgehead atoms. The van der Waals surface area contributed by atoms with Crippen molar-refractivity contribution < 1.29 is 14.3 Å². The van der Waals surface area contributed by atoms with Crippen molar-refractivity contribution in [2.24, 2.45) is 5.92 Å². The SMILES string of the molecule is CC(C)CCCOC(=O)CCCCC(=O)Nc1ccccc1Cl. The van der Waals surface area contributed by atoms with Gasteiger partial charge < -0.3 is 10.1 Å². The average molecular weight is 340 g/mol. The van der Waals surface area contributed by atoms with Crippen LogP contribution in [0.15, 0.2) is 24.3 Å². The van der Waals surface area contributed by atoms with Crippen LogP contribution in [-0.4, -0.2) is 18.5 Å². The molecular formula is C18H26ClNO3. The number of ether oxygens (including phenoxy) is 1. The Kier molecular flexibility index (Phi) is 9.37. The minimum Gasteiger partial charge on any atom is -0.466 e. The predicted molar refractivity (Wildman–Crippen MR) is 93.6 cm³/mol. The number of carbonyl (C=O) groups excluding carboxylic acids is 2. The third-order valence-corrected chi connectivity index (χ3v) is 3.70. The maximum Gasteiger partial charge on any atom is 0.305 e. The highest BCUT2D eigenvalue weighted by atomic mass is 35.5. The van der Waals surface area contributed by atoms with Crippen molar-refractivity contribution in [3.8, 4) is 0 Å². The monoisotopic (exact) mass is 339 g/mol. The maximum atomic E-state index is 11.8. The van der Waals surface area contributed by atoms with E-state index in [1.807, 2.05) is 12.1 Å². The molecule has 1 aromatic carbocycles. The van der Waals surface area contributed by atoms with Gasteiger partial charge in [0.2, 0.25) is 5.91 Å². The lowest BCUT2D eigenvalue weighted by molar-refractivity contribution is -0.144. The molecule has 1 amide bonds. The normalized spacial score (nSPS) is 10.6. The van der Waals surface area contributed by atoms with E-state index in [1.165, 1.54) is 0 Å². The fourth-order valence-corrected chi connectivity index (χ4v) is 2.26. The number of esters is 1. The van der Waals surface area contributed by atoms with Gasteiger partial charge in [0.15, 0.2) is 0 Å². The summed E-state index contributed by atoms with van der Waals surface area (Å²) in [4.78, 5) is 23.3. The largest absolute Gasteiger partial charge is 0.466 e. The van der Waals surface area contributed by atoms with Crippen molar-refractivity contribution in [2.45, 2.75) is 52.4 Å². The van der Waals surface area contributed by atoms with Gasteiger partial charge in [0.1, 0.15) is 0 Å². The van der Waals surface area contributed by atoms with Crippen molar-refractivity contribution in [3.63, 3.8) is 0 Å². The van der Waals surface area contributed by atoms with E-state index >= 15 is 0 Å². The molecule has 4 nitrogen and oxygen atoms in total. The first-order chi connectivity index (χ1) is 11.0. The number of hydrogen-bond donors (Lipinski definition) is 1. The molecule has 0 radical (unpaired) electrons. The second-order valence-electron chi connectivity index (χ2n) is 5.99. The molecule has 0 aliphatic rings. The highest BCUT2D eigenvalue weighted by Crippen LogP contribution is 2.20. The van der Waals surface area contributed by atoms with Gasteiger partial charge in [-0.1, -0.05) is 37.6 Å². The third kappa shape index (κ3) is 9.24. The Morgan fingerprint density at radius 2 is 1.83 bits per heavy atom. The second kappa shape index (κ2) is 11.1. The first kappa shape index (κ1) is 19.5. The van der Waals surface area contributed by atoms with Gasteiger partial charge in [-0.3, -0.25) is 9.59 Å². The minimum atomic E-state index is -0.180. The standard InChI is InChI=1S/C18H26ClNO3/c1-14(2)8-7-13-23-18(22)12-6-5-11-17(21)20-16-10-4-3-9-15(16)19/h3-4,9-10,14H,5-8,11-13H2,1-2H3,(H,20,21). The number of unbranched alkanes of at least 4 members (excludes halogenated alkanes) is 1. The summed E-state index contributed by atoms with van der Waals surface area (Å²) in [6, 6.07) is 7.11. The van der Waals surface area contributed by atoms with Crippen molar-refractivity contribution in [3.05, 3.63) is 29.3 Å². The van der Waals surface area contributed by atoms with Gasteiger partial charge >= 0.3 is 5.97 Å². The van der Waals surface area contributed by atoms with Crippen LogP contribution >= 0.6 is 11.6 Å². The number of nitrogens with one attached hydrogen (secondary N) is 1. The van der Waals surface area contributed by atoms with Crippen molar-refractivity contribution in [1.82, 2.24) is 0 Å². The van der Waals surface area contributed by atoms with E-state index < -0.39 is 0 Å². The van der Waals surface area contributed by atoms with Crippen molar-refractivity contribution >= 4 is 29.2 Å². The van der Waals surface area contributed by atoms with E-state index in [9.17, 15) is 9.59 Å². The lowest BCUT2D eigenvalue weighted by atomic mass is 10.1. The molecule has 128 valence electrons. The summed E-state index contributed by atoms with van der Waals surface area (Å²) in [6.07, 6.45) is 4.00. The lowest BCUT2D eigenvalue weighted by Crippen LogP contribution is -2.12. The molecule has 0 aromatic heterocycles. The van der Waals surface area contributed by atoms with Gasteiger partial charge in [0.25, 0.3) is 0 Å². The Morgan fingerprint density at radius 3 is 2.52 bits per heavy atom. The fourth-order valence-electron chi connectivity index (χ4n) is 2.08. The lowest BCUT2D eigenvalue weighted by Gasteiger charge is -2.07. The molecule has 0 fully saturated rings. The van der Waals surface area contributed by atoms with Gasteiger partial charge in [0.05, 0.1) is 17.3 Å². The number of amides is 1.